The number of aliphatic hydroxyl groups excluding tert-OH is 2. The van der Waals surface area contributed by atoms with Crippen molar-refractivity contribution >= 4 is 5.97 Å². The Morgan fingerprint density at radius 3 is 2.38 bits per heavy atom. The molecule has 6 rings (SSSR count). The Morgan fingerprint density at radius 2 is 1.81 bits per heavy atom. The molecule has 2 heterocycles. The van der Waals surface area contributed by atoms with Crippen LogP contribution in [0.15, 0.2) is 36.0 Å². The summed E-state index contributed by atoms with van der Waals surface area (Å²) in [6.45, 7) is 19.0. The number of allylic oxidation sites excluding steroid dienone is 2. The molecule has 0 amide bonds. The van der Waals surface area contributed by atoms with Crippen molar-refractivity contribution in [3.05, 3.63) is 36.0 Å². The molecule has 2 bridgehead atoms. The smallest absolute Gasteiger partial charge is 0.306 e. The summed E-state index contributed by atoms with van der Waals surface area (Å²) in [5.41, 5.74) is -1.52. The summed E-state index contributed by atoms with van der Waals surface area (Å²) < 4.78 is 0. The van der Waals surface area contributed by atoms with Crippen LogP contribution in [0.5, 0.6) is 0 Å². The molecule has 2 spiro atoms. The van der Waals surface area contributed by atoms with Gasteiger partial charge >= 0.3 is 5.97 Å². The van der Waals surface area contributed by atoms with Crippen molar-refractivity contribution in [1.82, 2.24) is 0 Å². The topological polar surface area (TPSA) is 96.2 Å². The number of hydrogen-bond donors (Lipinski definition) is 3. The van der Waals surface area contributed by atoms with E-state index in [2.05, 4.69) is 59.4 Å². The van der Waals surface area contributed by atoms with Gasteiger partial charge in [0, 0.05) is 22.2 Å². The van der Waals surface area contributed by atoms with Crippen molar-refractivity contribution in [3.8, 4) is 0 Å². The van der Waals surface area contributed by atoms with Crippen molar-refractivity contribution in [1.29, 1.82) is 0 Å². The molecule has 3 N–H and O–H groups in total. The zero-order chi connectivity index (χ0) is 27.4. The second-order valence-electron chi connectivity index (χ2n) is 14.2. The summed E-state index contributed by atoms with van der Waals surface area (Å²) in [5.74, 6) is -1.67. The monoisotopic (exact) mass is 514 g/mol. The van der Waals surface area contributed by atoms with Gasteiger partial charge in [-0.05, 0) is 67.6 Å². The second-order valence-corrected chi connectivity index (χ2v) is 14.2. The maximum Gasteiger partial charge on any atom is 0.306 e. The van der Waals surface area contributed by atoms with E-state index in [0.29, 0.717) is 38.0 Å². The highest BCUT2D eigenvalue weighted by molar-refractivity contribution is 5.71. The zero-order valence-corrected chi connectivity index (χ0v) is 23.6. The summed E-state index contributed by atoms with van der Waals surface area (Å²) in [6, 6.07) is 0. The minimum atomic E-state index is -0.894. The SMILES string of the molecule is C=C(CC[C@@H](C(=O)O)[C@H]1[C@H](O)C[C@@]2(C)[C@@]34C=CC5(OO3)C(C)(C)[C@@H](O)CC[C@]5(C)C4=CC[C@]12C)C(C)C. The number of aliphatic carboxylic acids is 1. The van der Waals surface area contributed by atoms with Gasteiger partial charge in [0.25, 0.3) is 0 Å². The minimum absolute atomic E-state index is 0.294. The molecule has 6 aliphatic rings. The Hall–Kier alpha value is -1.47. The van der Waals surface area contributed by atoms with Gasteiger partial charge < -0.3 is 15.3 Å². The van der Waals surface area contributed by atoms with E-state index >= 15 is 0 Å². The number of aliphatic hydroxyl groups is 2. The number of hydrogen-bond acceptors (Lipinski definition) is 5. The molecule has 3 fully saturated rings. The van der Waals surface area contributed by atoms with Crippen LogP contribution in [0.3, 0.4) is 0 Å². The molecular formula is C31H46O6. The summed E-state index contributed by atoms with van der Waals surface area (Å²) in [6.07, 6.45) is 8.87. The molecule has 2 aliphatic heterocycles. The van der Waals surface area contributed by atoms with Crippen molar-refractivity contribution in [2.24, 2.45) is 39.4 Å². The summed E-state index contributed by atoms with van der Waals surface area (Å²) in [7, 11) is 0. The standard InChI is InChI=1S/C31H46O6/c1-18(2)19(3)9-10-20(25(34)35)24-21(32)17-29(8)28(24,7)13-11-22-27(6)14-12-23(33)26(4,5)31(27)16-15-30(22,29)36-37-31/h11,15-16,18,20-21,23-24,32-33H,3,9-10,12-14,17H2,1-2,4-8H3,(H,34,35)/t20-,21-,23+,24+,27-,28-,29-,30+,31?/m1/s1. The molecule has 1 saturated heterocycles. The number of rotatable bonds is 6. The van der Waals surface area contributed by atoms with Crippen LogP contribution in [-0.4, -0.2) is 44.7 Å². The van der Waals surface area contributed by atoms with Crippen LogP contribution in [0.1, 0.15) is 87.0 Å². The normalized spacial score (nSPS) is 48.2. The molecule has 0 radical (unpaired) electrons. The maximum absolute atomic E-state index is 12.7. The van der Waals surface area contributed by atoms with E-state index in [1.54, 1.807) is 0 Å². The van der Waals surface area contributed by atoms with Gasteiger partial charge in [-0.1, -0.05) is 66.7 Å². The third kappa shape index (κ3) is 2.99. The highest BCUT2D eigenvalue weighted by Gasteiger charge is 2.80. The molecular weight excluding hydrogens is 468 g/mol. The fraction of sp³-hybridized carbons (Fsp3) is 0.774. The predicted octanol–water partition coefficient (Wildman–Crippen LogP) is 5.60. The molecule has 1 unspecified atom stereocenters. The first-order valence-corrected chi connectivity index (χ1v) is 14.1. The summed E-state index contributed by atoms with van der Waals surface area (Å²) in [4.78, 5) is 25.6. The van der Waals surface area contributed by atoms with Crippen LogP contribution < -0.4 is 0 Å². The Balaban J connectivity index is 1.60. The third-order valence-corrected chi connectivity index (χ3v) is 12.3. The van der Waals surface area contributed by atoms with Crippen LogP contribution >= 0.6 is 0 Å². The predicted molar refractivity (Wildman–Crippen MR) is 141 cm³/mol. The molecule has 6 heteroatoms. The summed E-state index contributed by atoms with van der Waals surface area (Å²) >= 11 is 0. The number of carboxylic acids is 1. The molecule has 4 aliphatic carbocycles. The number of fused-ring (bicyclic) bond motifs is 2. The third-order valence-electron chi connectivity index (χ3n) is 12.3. The largest absolute Gasteiger partial charge is 0.481 e. The Labute approximate surface area is 221 Å². The van der Waals surface area contributed by atoms with Gasteiger partial charge in [0.15, 0.2) is 0 Å². The van der Waals surface area contributed by atoms with E-state index in [4.69, 9.17) is 9.78 Å². The fourth-order valence-corrected chi connectivity index (χ4v) is 9.40. The lowest BCUT2D eigenvalue weighted by Gasteiger charge is -2.72. The Morgan fingerprint density at radius 1 is 1.14 bits per heavy atom. The highest BCUT2D eigenvalue weighted by atomic mass is 17.2. The average molecular weight is 515 g/mol. The van der Waals surface area contributed by atoms with E-state index in [-0.39, 0.29) is 5.41 Å². The van der Waals surface area contributed by atoms with Gasteiger partial charge in [0.05, 0.1) is 18.1 Å². The van der Waals surface area contributed by atoms with Crippen molar-refractivity contribution < 1.29 is 29.9 Å². The molecule has 0 aromatic heterocycles. The average Bonchev–Trinajstić information content (AvgIpc) is 3.03. The lowest BCUT2D eigenvalue weighted by Crippen LogP contribution is -2.76. The molecule has 9 atom stereocenters. The van der Waals surface area contributed by atoms with E-state index in [0.717, 1.165) is 12.0 Å². The Bertz CT molecular complexity index is 1070. The first-order valence-electron chi connectivity index (χ1n) is 14.1. The van der Waals surface area contributed by atoms with E-state index in [9.17, 15) is 20.1 Å². The first kappa shape index (κ1) is 27.1. The van der Waals surface area contributed by atoms with Gasteiger partial charge in [0.1, 0.15) is 11.2 Å². The lowest BCUT2D eigenvalue weighted by atomic mass is 9.39. The van der Waals surface area contributed by atoms with E-state index in [1.807, 2.05) is 13.8 Å². The molecule has 0 aromatic carbocycles. The minimum Gasteiger partial charge on any atom is -0.481 e. The van der Waals surface area contributed by atoms with Crippen LogP contribution in [0, 0.1) is 39.4 Å². The van der Waals surface area contributed by atoms with Gasteiger partial charge in [-0.2, -0.15) is 0 Å². The van der Waals surface area contributed by atoms with Gasteiger partial charge in [0.2, 0.25) is 0 Å². The van der Waals surface area contributed by atoms with Crippen LogP contribution in [0.25, 0.3) is 0 Å². The van der Waals surface area contributed by atoms with Gasteiger partial charge in [-0.25, -0.2) is 9.78 Å². The van der Waals surface area contributed by atoms with Crippen LogP contribution in [-0.2, 0) is 14.6 Å². The van der Waals surface area contributed by atoms with Gasteiger partial charge in [-0.3, -0.25) is 4.79 Å². The Kier molecular flexibility index (Phi) is 5.88. The van der Waals surface area contributed by atoms with Crippen LogP contribution in [0.4, 0.5) is 0 Å². The van der Waals surface area contributed by atoms with E-state index < -0.39 is 57.5 Å². The van der Waals surface area contributed by atoms with Crippen LogP contribution in [0.2, 0.25) is 0 Å². The maximum atomic E-state index is 12.7. The van der Waals surface area contributed by atoms with Crippen molar-refractivity contribution in [2.75, 3.05) is 0 Å². The molecule has 2 saturated carbocycles. The number of carbonyl (C=O) groups is 1. The highest BCUT2D eigenvalue weighted by Crippen LogP contribution is 2.77. The van der Waals surface area contributed by atoms with Crippen molar-refractivity contribution in [2.45, 2.75) is 110 Å². The van der Waals surface area contributed by atoms with Gasteiger partial charge in [-0.15, -0.1) is 0 Å². The molecule has 37 heavy (non-hydrogen) atoms. The zero-order valence-electron chi connectivity index (χ0n) is 23.6. The second kappa shape index (κ2) is 8.03. The molecule has 0 aromatic rings. The summed E-state index contributed by atoms with van der Waals surface area (Å²) in [5, 5.41) is 33.0. The number of carboxylic acid groups (broad SMARTS) is 1. The fourth-order valence-electron chi connectivity index (χ4n) is 9.40. The van der Waals surface area contributed by atoms with Crippen molar-refractivity contribution in [3.63, 3.8) is 0 Å². The van der Waals surface area contributed by atoms with E-state index in [1.165, 1.54) is 5.57 Å². The quantitative estimate of drug-likeness (QED) is 0.315. The first-order chi connectivity index (χ1) is 17.0. The molecule has 206 valence electrons. The lowest BCUT2D eigenvalue weighted by molar-refractivity contribution is -0.483. The molecule has 6 nitrogen and oxygen atoms in total.